The van der Waals surface area contributed by atoms with Crippen molar-refractivity contribution in [1.82, 2.24) is 5.32 Å². The Morgan fingerprint density at radius 3 is 2.44 bits per heavy atom. The zero-order valence-electron chi connectivity index (χ0n) is 10.9. The first kappa shape index (κ1) is 13.2. The van der Waals surface area contributed by atoms with Crippen molar-refractivity contribution in [1.29, 1.82) is 0 Å². The van der Waals surface area contributed by atoms with E-state index in [0.29, 0.717) is 5.56 Å². The van der Waals surface area contributed by atoms with E-state index >= 15 is 0 Å². The van der Waals surface area contributed by atoms with Crippen LogP contribution in [0.3, 0.4) is 0 Å². The van der Waals surface area contributed by atoms with Gasteiger partial charge in [0.15, 0.2) is 0 Å². The lowest BCUT2D eigenvalue weighted by Gasteiger charge is -2.20. The number of thiophene rings is 1. The molecule has 1 aromatic heterocycles. The number of nitrogens with one attached hydrogen (secondary N) is 1. The fourth-order valence-corrected chi connectivity index (χ4v) is 2.72. The summed E-state index contributed by atoms with van der Waals surface area (Å²) in [7, 11) is 0. The highest BCUT2D eigenvalue weighted by molar-refractivity contribution is 7.07. The molecule has 2 aromatic rings. The van der Waals surface area contributed by atoms with Gasteiger partial charge < -0.3 is 5.32 Å². The first-order valence-corrected chi connectivity index (χ1v) is 7.06. The van der Waals surface area contributed by atoms with Crippen molar-refractivity contribution in [3.8, 4) is 0 Å². The molecular formula is C15H18FNS. The van der Waals surface area contributed by atoms with E-state index in [1.165, 1.54) is 5.56 Å². The van der Waals surface area contributed by atoms with Gasteiger partial charge in [0.05, 0.1) is 0 Å². The molecule has 0 saturated carbocycles. The summed E-state index contributed by atoms with van der Waals surface area (Å²) in [5, 5.41) is 7.70. The summed E-state index contributed by atoms with van der Waals surface area (Å²) in [5.41, 5.74) is 2.96. The van der Waals surface area contributed by atoms with E-state index < -0.39 is 0 Å². The van der Waals surface area contributed by atoms with Gasteiger partial charge in [0.1, 0.15) is 5.82 Å². The zero-order chi connectivity index (χ0) is 13.1. The van der Waals surface area contributed by atoms with Crippen molar-refractivity contribution in [2.24, 2.45) is 0 Å². The fourth-order valence-electron chi connectivity index (χ4n) is 1.97. The van der Waals surface area contributed by atoms with E-state index in [9.17, 15) is 4.39 Å². The van der Waals surface area contributed by atoms with Crippen LogP contribution in [0.25, 0.3) is 0 Å². The molecular weight excluding hydrogens is 245 g/mol. The lowest BCUT2D eigenvalue weighted by molar-refractivity contribution is 0.492. The summed E-state index contributed by atoms with van der Waals surface area (Å²) < 4.78 is 13.5. The Bertz CT molecular complexity index is 507. The minimum atomic E-state index is -0.135. The Hall–Kier alpha value is -1.19. The number of halogens is 1. The third-order valence-corrected chi connectivity index (χ3v) is 3.94. The summed E-state index contributed by atoms with van der Waals surface area (Å²) >= 11 is 1.70. The average molecular weight is 263 g/mol. The summed E-state index contributed by atoms with van der Waals surface area (Å²) in [6.45, 7) is 5.97. The monoisotopic (exact) mass is 263 g/mol. The van der Waals surface area contributed by atoms with E-state index in [0.717, 1.165) is 5.56 Å². The molecule has 96 valence electrons. The van der Waals surface area contributed by atoms with Crippen LogP contribution in [0.15, 0.2) is 35.0 Å². The molecule has 0 aliphatic carbocycles. The minimum absolute atomic E-state index is 0.134. The second-order valence-electron chi connectivity index (χ2n) is 4.68. The molecule has 1 nitrogen and oxygen atoms in total. The molecule has 18 heavy (non-hydrogen) atoms. The molecule has 0 aliphatic rings. The molecule has 0 fully saturated rings. The molecule has 0 spiro atoms. The summed E-state index contributed by atoms with van der Waals surface area (Å²) in [6.07, 6.45) is 0. The second-order valence-corrected chi connectivity index (χ2v) is 5.46. The van der Waals surface area contributed by atoms with E-state index in [1.54, 1.807) is 24.3 Å². The van der Waals surface area contributed by atoms with E-state index in [1.807, 2.05) is 12.1 Å². The lowest BCUT2D eigenvalue weighted by Crippen LogP contribution is -2.22. The van der Waals surface area contributed by atoms with Crippen LogP contribution in [0.2, 0.25) is 0 Å². The SMILES string of the molecule is Cc1ccc(C(C)NC(C)c2ccsc2)cc1F. The molecule has 0 bridgehead atoms. The van der Waals surface area contributed by atoms with Gasteiger partial charge in [-0.2, -0.15) is 11.3 Å². The van der Waals surface area contributed by atoms with Crippen LogP contribution in [0.1, 0.15) is 42.6 Å². The van der Waals surface area contributed by atoms with Gasteiger partial charge in [0, 0.05) is 12.1 Å². The number of hydrogen-bond acceptors (Lipinski definition) is 2. The van der Waals surface area contributed by atoms with Crippen molar-refractivity contribution in [2.75, 3.05) is 0 Å². The summed E-state index contributed by atoms with van der Waals surface area (Å²) in [6, 6.07) is 7.96. The van der Waals surface area contributed by atoms with Gasteiger partial charge in [-0.1, -0.05) is 12.1 Å². The fraction of sp³-hybridized carbons (Fsp3) is 0.333. The van der Waals surface area contributed by atoms with Gasteiger partial charge in [-0.3, -0.25) is 0 Å². The van der Waals surface area contributed by atoms with Crippen LogP contribution in [-0.2, 0) is 0 Å². The van der Waals surface area contributed by atoms with E-state index in [2.05, 4.69) is 36.0 Å². The van der Waals surface area contributed by atoms with Gasteiger partial charge in [0.2, 0.25) is 0 Å². The lowest BCUT2D eigenvalue weighted by atomic mass is 10.0. The van der Waals surface area contributed by atoms with Crippen LogP contribution < -0.4 is 5.32 Å². The topological polar surface area (TPSA) is 12.0 Å². The predicted molar refractivity (Wildman–Crippen MR) is 75.4 cm³/mol. The predicted octanol–water partition coefficient (Wildman–Crippen LogP) is 4.61. The highest BCUT2D eigenvalue weighted by atomic mass is 32.1. The van der Waals surface area contributed by atoms with Crippen molar-refractivity contribution in [3.63, 3.8) is 0 Å². The summed E-state index contributed by atoms with van der Waals surface area (Å²) in [5.74, 6) is -0.135. The maximum absolute atomic E-state index is 13.5. The quantitative estimate of drug-likeness (QED) is 0.849. The first-order valence-electron chi connectivity index (χ1n) is 6.12. The smallest absolute Gasteiger partial charge is 0.126 e. The molecule has 1 N–H and O–H groups in total. The molecule has 0 amide bonds. The molecule has 2 atom stereocenters. The maximum atomic E-state index is 13.5. The molecule has 0 aliphatic heterocycles. The number of aryl methyl sites for hydroxylation is 1. The van der Waals surface area contributed by atoms with Crippen molar-refractivity contribution in [3.05, 3.63) is 57.5 Å². The first-order chi connectivity index (χ1) is 8.58. The standard InChI is InChI=1S/C15H18FNS/c1-10-4-5-13(8-15(10)16)11(2)17-12(3)14-6-7-18-9-14/h4-9,11-12,17H,1-3H3. The highest BCUT2D eigenvalue weighted by Crippen LogP contribution is 2.22. The van der Waals surface area contributed by atoms with Gasteiger partial charge in [-0.25, -0.2) is 4.39 Å². The number of rotatable bonds is 4. The van der Waals surface area contributed by atoms with E-state index in [-0.39, 0.29) is 17.9 Å². The maximum Gasteiger partial charge on any atom is 0.126 e. The van der Waals surface area contributed by atoms with Gasteiger partial charge in [0.25, 0.3) is 0 Å². The molecule has 0 saturated heterocycles. The Morgan fingerprint density at radius 1 is 1.11 bits per heavy atom. The molecule has 2 rings (SSSR count). The number of hydrogen-bond donors (Lipinski definition) is 1. The van der Waals surface area contributed by atoms with Crippen LogP contribution >= 0.6 is 11.3 Å². The molecule has 2 unspecified atom stereocenters. The molecule has 3 heteroatoms. The minimum Gasteiger partial charge on any atom is -0.304 e. The third-order valence-electron chi connectivity index (χ3n) is 3.24. The highest BCUT2D eigenvalue weighted by Gasteiger charge is 2.12. The van der Waals surface area contributed by atoms with Gasteiger partial charge >= 0.3 is 0 Å². The van der Waals surface area contributed by atoms with Crippen LogP contribution in [0, 0.1) is 12.7 Å². The largest absolute Gasteiger partial charge is 0.304 e. The Kier molecular flexibility index (Phi) is 4.15. The summed E-state index contributed by atoms with van der Waals surface area (Å²) in [4.78, 5) is 0. The third kappa shape index (κ3) is 2.98. The Labute approximate surface area is 112 Å². The Balaban J connectivity index is 2.07. The molecule has 0 radical (unpaired) electrons. The van der Waals surface area contributed by atoms with Crippen molar-refractivity contribution in [2.45, 2.75) is 32.9 Å². The number of benzene rings is 1. The van der Waals surface area contributed by atoms with Gasteiger partial charge in [-0.15, -0.1) is 0 Å². The zero-order valence-corrected chi connectivity index (χ0v) is 11.7. The normalized spacial score (nSPS) is 14.4. The van der Waals surface area contributed by atoms with Crippen molar-refractivity contribution < 1.29 is 4.39 Å². The van der Waals surface area contributed by atoms with E-state index in [4.69, 9.17) is 0 Å². The Morgan fingerprint density at radius 2 is 1.83 bits per heavy atom. The molecule has 1 aromatic carbocycles. The van der Waals surface area contributed by atoms with Crippen LogP contribution in [-0.4, -0.2) is 0 Å². The van der Waals surface area contributed by atoms with Gasteiger partial charge in [-0.05, 0) is 60.4 Å². The molecule has 1 heterocycles. The van der Waals surface area contributed by atoms with Crippen LogP contribution in [0.5, 0.6) is 0 Å². The van der Waals surface area contributed by atoms with Crippen LogP contribution in [0.4, 0.5) is 4.39 Å². The van der Waals surface area contributed by atoms with Crippen molar-refractivity contribution >= 4 is 11.3 Å². The average Bonchev–Trinajstić information content (AvgIpc) is 2.86. The second kappa shape index (κ2) is 5.63.